The Bertz CT molecular complexity index is 447. The zero-order chi connectivity index (χ0) is 15.5. The molecule has 21 heavy (non-hydrogen) atoms. The van der Waals surface area contributed by atoms with E-state index in [1.807, 2.05) is 0 Å². The lowest BCUT2D eigenvalue weighted by Crippen LogP contribution is -2.43. The molecule has 0 atom stereocenters. The first-order valence-electron chi connectivity index (χ1n) is 6.56. The fourth-order valence-electron chi connectivity index (χ4n) is 1.37. The van der Waals surface area contributed by atoms with Crippen LogP contribution in [0.15, 0.2) is 24.3 Å². The zero-order valence-electron chi connectivity index (χ0n) is 12.2. The normalized spacial score (nSPS) is 10.0. The van der Waals surface area contributed by atoms with E-state index in [9.17, 15) is 9.59 Å². The molecule has 0 heterocycles. The highest BCUT2D eigenvalue weighted by Crippen LogP contribution is 2.11. The number of rotatable bonds is 8. The number of carbonyl (C=O) groups is 2. The van der Waals surface area contributed by atoms with Gasteiger partial charge in [0.2, 0.25) is 0 Å². The summed E-state index contributed by atoms with van der Waals surface area (Å²) in [7, 11) is 1.59. The van der Waals surface area contributed by atoms with E-state index in [1.54, 1.807) is 38.3 Å². The zero-order valence-corrected chi connectivity index (χ0v) is 12.2. The third kappa shape index (κ3) is 6.73. The average Bonchev–Trinajstić information content (AvgIpc) is 2.51. The number of hydrogen-bond donors (Lipinski definition) is 2. The molecule has 0 aromatic heterocycles. The van der Waals surface area contributed by atoms with Gasteiger partial charge in [-0.15, -0.1) is 0 Å². The third-order valence-corrected chi connectivity index (χ3v) is 2.43. The van der Waals surface area contributed by atoms with Gasteiger partial charge in [0.1, 0.15) is 19.0 Å². The van der Waals surface area contributed by atoms with Gasteiger partial charge in [-0.25, -0.2) is 0 Å². The van der Waals surface area contributed by atoms with Crippen molar-refractivity contribution in [2.45, 2.75) is 6.92 Å². The molecule has 7 nitrogen and oxygen atoms in total. The predicted molar refractivity (Wildman–Crippen MR) is 75.9 cm³/mol. The smallest absolute Gasteiger partial charge is 0.269 e. The second kappa shape index (κ2) is 9.73. The maximum absolute atomic E-state index is 11.8. The second-order valence-corrected chi connectivity index (χ2v) is 4.01. The minimum Gasteiger partial charge on any atom is -0.491 e. The molecular weight excluding hydrogens is 276 g/mol. The van der Waals surface area contributed by atoms with Crippen molar-refractivity contribution in [3.8, 4) is 5.75 Å². The largest absolute Gasteiger partial charge is 0.491 e. The Morgan fingerprint density at radius 3 is 2.43 bits per heavy atom. The minimum absolute atomic E-state index is 0.0942. The van der Waals surface area contributed by atoms with Gasteiger partial charge in [0.25, 0.3) is 11.8 Å². The Morgan fingerprint density at radius 2 is 1.81 bits per heavy atom. The first-order chi connectivity index (χ1) is 10.2. The molecule has 0 bridgehead atoms. The predicted octanol–water partition coefficient (Wildman–Crippen LogP) is 0.509. The number of hydrazine groups is 1. The van der Waals surface area contributed by atoms with Gasteiger partial charge in [-0.3, -0.25) is 20.4 Å². The lowest BCUT2D eigenvalue weighted by atomic mass is 10.2. The summed E-state index contributed by atoms with van der Waals surface area (Å²) in [5.41, 5.74) is 4.97. The summed E-state index contributed by atoms with van der Waals surface area (Å²) in [6.45, 7) is 3.06. The lowest BCUT2D eigenvalue weighted by Gasteiger charge is -2.08. The fourth-order valence-corrected chi connectivity index (χ4v) is 1.37. The number of methoxy groups -OCH3 is 1. The van der Waals surface area contributed by atoms with Crippen LogP contribution in [0.2, 0.25) is 0 Å². The SMILES string of the molecule is CCOCC(=O)NNC(=O)c1ccc(OCCOC)cc1. The molecule has 7 heteroatoms. The quantitative estimate of drug-likeness (QED) is 0.539. The summed E-state index contributed by atoms with van der Waals surface area (Å²) >= 11 is 0. The van der Waals surface area contributed by atoms with Crippen LogP contribution in [0, 0.1) is 0 Å². The van der Waals surface area contributed by atoms with E-state index in [0.717, 1.165) is 0 Å². The maximum atomic E-state index is 11.8. The van der Waals surface area contributed by atoms with E-state index >= 15 is 0 Å². The highest BCUT2D eigenvalue weighted by atomic mass is 16.5. The van der Waals surface area contributed by atoms with Crippen LogP contribution in [0.25, 0.3) is 0 Å². The molecule has 0 radical (unpaired) electrons. The molecule has 0 fully saturated rings. The minimum atomic E-state index is -0.414. The highest BCUT2D eigenvalue weighted by molar-refractivity contribution is 5.95. The highest BCUT2D eigenvalue weighted by Gasteiger charge is 2.07. The Labute approximate surface area is 123 Å². The molecule has 0 aliphatic heterocycles. The molecule has 1 rings (SSSR count). The van der Waals surface area contributed by atoms with Crippen molar-refractivity contribution < 1.29 is 23.8 Å². The van der Waals surface area contributed by atoms with Crippen molar-refractivity contribution in [2.75, 3.05) is 33.5 Å². The summed E-state index contributed by atoms with van der Waals surface area (Å²) in [4.78, 5) is 23.0. The Morgan fingerprint density at radius 1 is 1.10 bits per heavy atom. The number of amides is 2. The van der Waals surface area contributed by atoms with Crippen molar-refractivity contribution in [3.63, 3.8) is 0 Å². The van der Waals surface area contributed by atoms with E-state index in [4.69, 9.17) is 14.2 Å². The maximum Gasteiger partial charge on any atom is 0.269 e. The van der Waals surface area contributed by atoms with E-state index in [1.165, 1.54) is 0 Å². The topological polar surface area (TPSA) is 85.9 Å². The summed E-state index contributed by atoms with van der Waals surface area (Å²) in [5.74, 6) is -0.183. The van der Waals surface area contributed by atoms with E-state index in [-0.39, 0.29) is 6.61 Å². The van der Waals surface area contributed by atoms with E-state index < -0.39 is 11.8 Å². The Hall–Kier alpha value is -2.12. The van der Waals surface area contributed by atoms with Gasteiger partial charge < -0.3 is 14.2 Å². The molecule has 0 spiro atoms. The first kappa shape index (κ1) is 16.9. The number of carbonyl (C=O) groups excluding carboxylic acids is 2. The number of ether oxygens (including phenoxy) is 3. The molecule has 0 aliphatic rings. The monoisotopic (exact) mass is 296 g/mol. The van der Waals surface area contributed by atoms with Crippen molar-refractivity contribution in [3.05, 3.63) is 29.8 Å². The van der Waals surface area contributed by atoms with Crippen LogP contribution in [0.1, 0.15) is 17.3 Å². The molecule has 1 aromatic carbocycles. The van der Waals surface area contributed by atoms with Gasteiger partial charge in [-0.1, -0.05) is 0 Å². The van der Waals surface area contributed by atoms with E-state index in [0.29, 0.717) is 31.1 Å². The van der Waals surface area contributed by atoms with Crippen LogP contribution >= 0.6 is 0 Å². The van der Waals surface area contributed by atoms with Gasteiger partial charge in [0.15, 0.2) is 0 Å². The molecular formula is C14H20N2O5. The molecule has 2 N–H and O–H groups in total. The summed E-state index contributed by atoms with van der Waals surface area (Å²) in [6, 6.07) is 6.55. The van der Waals surface area contributed by atoms with Crippen LogP contribution in [-0.4, -0.2) is 45.4 Å². The number of benzene rings is 1. The molecule has 0 unspecified atom stereocenters. The molecule has 1 aromatic rings. The fraction of sp³-hybridized carbons (Fsp3) is 0.429. The summed E-state index contributed by atoms with van der Waals surface area (Å²) < 4.78 is 15.2. The van der Waals surface area contributed by atoms with Gasteiger partial charge in [0, 0.05) is 19.3 Å². The Balaban J connectivity index is 2.38. The second-order valence-electron chi connectivity index (χ2n) is 4.01. The van der Waals surface area contributed by atoms with Crippen LogP contribution in [0.4, 0.5) is 0 Å². The molecule has 116 valence electrons. The number of nitrogens with one attached hydrogen (secondary N) is 2. The summed E-state index contributed by atoms with van der Waals surface area (Å²) in [6.07, 6.45) is 0. The van der Waals surface area contributed by atoms with Crippen molar-refractivity contribution in [2.24, 2.45) is 0 Å². The Kier molecular flexibility index (Phi) is 7.85. The summed E-state index contributed by atoms with van der Waals surface area (Å²) in [5, 5.41) is 0. The molecule has 0 saturated heterocycles. The van der Waals surface area contributed by atoms with E-state index in [2.05, 4.69) is 10.9 Å². The van der Waals surface area contributed by atoms with Crippen LogP contribution in [0.3, 0.4) is 0 Å². The van der Waals surface area contributed by atoms with Crippen LogP contribution < -0.4 is 15.6 Å². The number of hydrogen-bond acceptors (Lipinski definition) is 5. The van der Waals surface area contributed by atoms with Gasteiger partial charge in [-0.05, 0) is 31.2 Å². The van der Waals surface area contributed by atoms with Crippen LogP contribution in [0.5, 0.6) is 5.75 Å². The van der Waals surface area contributed by atoms with Crippen molar-refractivity contribution in [1.82, 2.24) is 10.9 Å². The average molecular weight is 296 g/mol. The molecule has 2 amide bonds. The first-order valence-corrected chi connectivity index (χ1v) is 6.56. The standard InChI is InChI=1S/C14H20N2O5/c1-3-20-10-13(17)15-16-14(18)11-4-6-12(7-5-11)21-9-8-19-2/h4-7H,3,8-10H2,1-2H3,(H,15,17)(H,16,18). The molecule has 0 aliphatic carbocycles. The van der Waals surface area contributed by atoms with Crippen LogP contribution in [-0.2, 0) is 14.3 Å². The molecule has 0 saturated carbocycles. The van der Waals surface area contributed by atoms with Gasteiger partial charge >= 0.3 is 0 Å². The third-order valence-electron chi connectivity index (χ3n) is 2.43. The van der Waals surface area contributed by atoms with Gasteiger partial charge in [-0.2, -0.15) is 0 Å². The van der Waals surface area contributed by atoms with Crippen molar-refractivity contribution in [1.29, 1.82) is 0 Å². The van der Waals surface area contributed by atoms with Crippen molar-refractivity contribution >= 4 is 11.8 Å². The van der Waals surface area contributed by atoms with Gasteiger partial charge in [0.05, 0.1) is 6.61 Å². The lowest BCUT2D eigenvalue weighted by molar-refractivity contribution is -0.126.